The molecule has 96 valence electrons. The van der Waals surface area contributed by atoms with E-state index in [0.29, 0.717) is 0 Å². The Kier molecular flexibility index (Phi) is 3.38. The lowest BCUT2D eigenvalue weighted by Crippen LogP contribution is -2.13. The number of rotatable bonds is 4. The molecule has 10 nitrogen and oxygen atoms in total. The summed E-state index contributed by atoms with van der Waals surface area (Å²) in [4.78, 5) is 9.96. The Morgan fingerprint density at radius 3 is 1.53 bits per heavy atom. The van der Waals surface area contributed by atoms with Crippen LogP contribution in [0.25, 0.3) is 0 Å². The SMILES string of the molecule is CS(=O)(=O)Oc1nc(N)nc(OS(C)(=O)=O)n1. The van der Waals surface area contributed by atoms with Gasteiger partial charge in [0.05, 0.1) is 12.5 Å². The predicted octanol–water partition coefficient (Wildman–Crippen LogP) is -1.87. The van der Waals surface area contributed by atoms with Crippen LogP contribution in [0.1, 0.15) is 0 Å². The number of aromatic nitrogens is 3. The van der Waals surface area contributed by atoms with Gasteiger partial charge in [0.2, 0.25) is 5.95 Å². The van der Waals surface area contributed by atoms with Gasteiger partial charge in [-0.15, -0.1) is 4.98 Å². The molecule has 0 amide bonds. The smallest absolute Gasteiger partial charge is 0.340 e. The lowest BCUT2D eigenvalue weighted by atomic mass is 10.9. The van der Waals surface area contributed by atoms with Crippen molar-refractivity contribution in [1.82, 2.24) is 15.0 Å². The molecular formula is C5H8N4O6S2. The van der Waals surface area contributed by atoms with Crippen LogP contribution in [0.4, 0.5) is 5.95 Å². The van der Waals surface area contributed by atoms with Gasteiger partial charge in [-0.1, -0.05) is 0 Å². The first-order valence-corrected chi connectivity index (χ1v) is 7.49. The lowest BCUT2D eigenvalue weighted by molar-refractivity contribution is 0.442. The third-order valence-electron chi connectivity index (χ3n) is 1.06. The van der Waals surface area contributed by atoms with Gasteiger partial charge in [-0.2, -0.15) is 26.8 Å². The minimum atomic E-state index is -3.87. The highest BCUT2D eigenvalue weighted by molar-refractivity contribution is 7.86. The maximum atomic E-state index is 10.8. The quantitative estimate of drug-likeness (QED) is 0.622. The van der Waals surface area contributed by atoms with E-state index in [1.54, 1.807) is 0 Å². The van der Waals surface area contributed by atoms with Gasteiger partial charge < -0.3 is 14.1 Å². The first-order valence-electron chi connectivity index (χ1n) is 3.86. The normalized spacial score (nSPS) is 12.1. The highest BCUT2D eigenvalue weighted by Gasteiger charge is 2.14. The zero-order chi connectivity index (χ0) is 13.3. The van der Waals surface area contributed by atoms with Crippen molar-refractivity contribution in [2.24, 2.45) is 0 Å². The lowest BCUT2D eigenvalue weighted by Gasteiger charge is -2.04. The summed E-state index contributed by atoms with van der Waals surface area (Å²) in [5.74, 6) is -0.447. The fourth-order valence-electron chi connectivity index (χ4n) is 0.698. The Morgan fingerprint density at radius 2 is 1.24 bits per heavy atom. The fourth-order valence-corrected chi connectivity index (χ4v) is 1.39. The molecule has 0 fully saturated rings. The zero-order valence-electron chi connectivity index (χ0n) is 8.68. The Labute approximate surface area is 97.1 Å². The molecule has 0 bridgehead atoms. The average molecular weight is 284 g/mol. The molecule has 12 heteroatoms. The Bertz CT molecular complexity index is 572. The van der Waals surface area contributed by atoms with Crippen molar-refractivity contribution in [2.75, 3.05) is 18.2 Å². The monoisotopic (exact) mass is 284 g/mol. The maximum absolute atomic E-state index is 10.8. The van der Waals surface area contributed by atoms with Crippen LogP contribution in [0.5, 0.6) is 12.0 Å². The molecule has 2 N–H and O–H groups in total. The van der Waals surface area contributed by atoms with E-state index in [0.717, 1.165) is 12.5 Å². The second-order valence-corrected chi connectivity index (χ2v) is 5.98. The number of nitrogen functional groups attached to an aromatic ring is 1. The second-order valence-electron chi connectivity index (χ2n) is 2.83. The molecule has 1 rings (SSSR count). The standard InChI is InChI=1S/C5H8N4O6S2/c1-16(10,11)14-4-7-3(6)8-5(9-4)15-17(2,12)13/h1-2H3,(H2,6,7,8,9). The van der Waals surface area contributed by atoms with Gasteiger partial charge in [0, 0.05) is 0 Å². The minimum absolute atomic E-state index is 0.447. The molecule has 0 atom stereocenters. The number of anilines is 1. The van der Waals surface area contributed by atoms with Gasteiger partial charge in [-0.3, -0.25) is 0 Å². The summed E-state index contributed by atoms with van der Waals surface area (Å²) in [5.41, 5.74) is 5.19. The van der Waals surface area contributed by atoms with Crippen molar-refractivity contribution in [1.29, 1.82) is 0 Å². The van der Waals surface area contributed by atoms with E-state index in [1.165, 1.54) is 0 Å². The summed E-state index contributed by atoms with van der Waals surface area (Å²) in [6.07, 6.45) is 1.51. The van der Waals surface area contributed by atoms with Crippen LogP contribution >= 0.6 is 0 Å². The summed E-state index contributed by atoms with van der Waals surface area (Å²) < 4.78 is 51.7. The van der Waals surface area contributed by atoms with Gasteiger partial charge >= 0.3 is 32.3 Å². The predicted molar refractivity (Wildman–Crippen MR) is 55.2 cm³/mol. The molecule has 0 saturated carbocycles. The van der Waals surface area contributed by atoms with Crippen LogP contribution < -0.4 is 14.1 Å². The van der Waals surface area contributed by atoms with Crippen molar-refractivity contribution >= 4 is 26.2 Å². The first kappa shape index (κ1) is 13.4. The highest BCUT2D eigenvalue weighted by Crippen LogP contribution is 2.13. The second kappa shape index (κ2) is 4.29. The molecule has 0 aliphatic carbocycles. The van der Waals surface area contributed by atoms with Gasteiger partial charge in [-0.05, 0) is 0 Å². The summed E-state index contributed by atoms with van der Waals surface area (Å²) >= 11 is 0. The summed E-state index contributed by atoms with van der Waals surface area (Å²) in [6.45, 7) is 0. The van der Waals surface area contributed by atoms with Crippen molar-refractivity contribution in [3.63, 3.8) is 0 Å². The van der Waals surface area contributed by atoms with E-state index in [-0.39, 0.29) is 0 Å². The molecule has 17 heavy (non-hydrogen) atoms. The van der Waals surface area contributed by atoms with Gasteiger partial charge in [0.1, 0.15) is 0 Å². The maximum Gasteiger partial charge on any atom is 0.340 e. The zero-order valence-corrected chi connectivity index (χ0v) is 10.3. The number of nitrogens with zero attached hydrogens (tertiary/aromatic N) is 3. The Morgan fingerprint density at radius 1 is 0.882 bits per heavy atom. The van der Waals surface area contributed by atoms with E-state index in [1.807, 2.05) is 0 Å². The van der Waals surface area contributed by atoms with Gasteiger partial charge in [0.15, 0.2) is 0 Å². The molecule has 0 saturated heterocycles. The van der Waals surface area contributed by atoms with Crippen LogP contribution in [0.2, 0.25) is 0 Å². The minimum Gasteiger partial charge on any atom is -0.368 e. The number of hydrogen-bond acceptors (Lipinski definition) is 10. The van der Waals surface area contributed by atoms with E-state index < -0.39 is 38.2 Å². The number of nitrogens with two attached hydrogens (primary N) is 1. The fraction of sp³-hybridized carbons (Fsp3) is 0.400. The molecule has 0 aromatic carbocycles. The third-order valence-corrected chi connectivity index (χ3v) is 1.97. The van der Waals surface area contributed by atoms with E-state index in [9.17, 15) is 16.8 Å². The topological polar surface area (TPSA) is 151 Å². The van der Waals surface area contributed by atoms with Crippen molar-refractivity contribution in [2.45, 2.75) is 0 Å². The molecule has 0 radical (unpaired) electrons. The van der Waals surface area contributed by atoms with Crippen molar-refractivity contribution in [3.8, 4) is 12.0 Å². The van der Waals surface area contributed by atoms with Crippen LogP contribution in [0.3, 0.4) is 0 Å². The molecule has 1 heterocycles. The molecule has 0 aliphatic heterocycles. The first-order chi connectivity index (χ1) is 7.55. The molecule has 0 unspecified atom stereocenters. The molecule has 0 aliphatic rings. The van der Waals surface area contributed by atoms with Gasteiger partial charge in [0.25, 0.3) is 0 Å². The molecular weight excluding hydrogens is 276 g/mol. The molecule has 1 aromatic heterocycles. The summed E-state index contributed by atoms with van der Waals surface area (Å²) in [6, 6.07) is -1.36. The summed E-state index contributed by atoms with van der Waals surface area (Å²) in [5, 5.41) is 0. The van der Waals surface area contributed by atoms with Crippen molar-refractivity contribution in [3.05, 3.63) is 0 Å². The number of hydrogen-bond donors (Lipinski definition) is 1. The van der Waals surface area contributed by atoms with E-state index in [2.05, 4.69) is 23.3 Å². The van der Waals surface area contributed by atoms with Crippen LogP contribution in [0, 0.1) is 0 Å². The highest BCUT2D eigenvalue weighted by atomic mass is 32.2. The van der Waals surface area contributed by atoms with E-state index in [4.69, 9.17) is 5.73 Å². The van der Waals surface area contributed by atoms with Crippen LogP contribution in [-0.4, -0.2) is 44.3 Å². The average Bonchev–Trinajstić information content (AvgIpc) is 1.93. The Balaban J connectivity index is 3.11. The third kappa shape index (κ3) is 5.26. The van der Waals surface area contributed by atoms with Crippen molar-refractivity contribution < 1.29 is 25.2 Å². The van der Waals surface area contributed by atoms with Gasteiger partial charge in [-0.25, -0.2) is 0 Å². The largest absolute Gasteiger partial charge is 0.368 e. The van der Waals surface area contributed by atoms with E-state index >= 15 is 0 Å². The van der Waals surface area contributed by atoms with Crippen LogP contribution in [-0.2, 0) is 20.2 Å². The van der Waals surface area contributed by atoms with Crippen LogP contribution in [0.15, 0.2) is 0 Å². The molecule has 0 spiro atoms. The molecule has 1 aromatic rings. The Hall–Kier alpha value is -1.69. The summed E-state index contributed by atoms with van der Waals surface area (Å²) in [7, 11) is -7.74.